The summed E-state index contributed by atoms with van der Waals surface area (Å²) >= 11 is 0. The fraction of sp³-hybridized carbons (Fsp3) is 0.600. The van der Waals surface area contributed by atoms with Gasteiger partial charge in [-0.2, -0.15) is 0 Å². The molecule has 1 aromatic heterocycles. The van der Waals surface area contributed by atoms with E-state index >= 15 is 0 Å². The van der Waals surface area contributed by atoms with Crippen LogP contribution in [0, 0.1) is 0 Å². The zero-order valence-corrected chi connectivity index (χ0v) is 9.10. The summed E-state index contributed by atoms with van der Waals surface area (Å²) in [6, 6.07) is 1.89. The lowest BCUT2D eigenvalue weighted by molar-refractivity contribution is 0.0222. The number of morpholine rings is 1. The van der Waals surface area contributed by atoms with Gasteiger partial charge in [-0.1, -0.05) is 0 Å². The molecule has 0 amide bonds. The SMILES string of the molecule is CN(C)c1ccnc([C@@H]2CNCCO2)n1. The van der Waals surface area contributed by atoms with Crippen molar-refractivity contribution in [2.24, 2.45) is 0 Å². The lowest BCUT2D eigenvalue weighted by Crippen LogP contribution is -2.34. The first-order chi connectivity index (χ1) is 7.27. The van der Waals surface area contributed by atoms with Crippen LogP contribution in [0.4, 0.5) is 5.82 Å². The summed E-state index contributed by atoms with van der Waals surface area (Å²) in [4.78, 5) is 10.6. The van der Waals surface area contributed by atoms with Crippen LogP contribution < -0.4 is 10.2 Å². The van der Waals surface area contributed by atoms with E-state index in [1.165, 1.54) is 0 Å². The van der Waals surface area contributed by atoms with Crippen molar-refractivity contribution in [3.8, 4) is 0 Å². The molecule has 0 radical (unpaired) electrons. The predicted molar refractivity (Wildman–Crippen MR) is 57.9 cm³/mol. The summed E-state index contributed by atoms with van der Waals surface area (Å²) in [6.45, 7) is 2.42. The van der Waals surface area contributed by atoms with E-state index in [1.54, 1.807) is 6.20 Å². The van der Waals surface area contributed by atoms with Gasteiger partial charge in [-0.15, -0.1) is 0 Å². The van der Waals surface area contributed by atoms with Crippen molar-refractivity contribution in [2.45, 2.75) is 6.10 Å². The van der Waals surface area contributed by atoms with Gasteiger partial charge in [0.15, 0.2) is 5.82 Å². The molecular weight excluding hydrogens is 192 g/mol. The van der Waals surface area contributed by atoms with Crippen molar-refractivity contribution >= 4 is 5.82 Å². The Morgan fingerprint density at radius 1 is 1.53 bits per heavy atom. The van der Waals surface area contributed by atoms with Crippen LogP contribution in [0.2, 0.25) is 0 Å². The number of rotatable bonds is 2. The highest BCUT2D eigenvalue weighted by atomic mass is 16.5. The van der Waals surface area contributed by atoms with Gasteiger partial charge in [0.05, 0.1) is 6.61 Å². The van der Waals surface area contributed by atoms with Gasteiger partial charge in [-0.05, 0) is 6.07 Å². The molecule has 0 aromatic carbocycles. The Hall–Kier alpha value is -1.20. The van der Waals surface area contributed by atoms with Crippen LogP contribution in [0.15, 0.2) is 12.3 Å². The van der Waals surface area contributed by atoms with Crippen molar-refractivity contribution in [1.82, 2.24) is 15.3 Å². The third-order valence-corrected chi connectivity index (χ3v) is 2.33. The summed E-state index contributed by atoms with van der Waals surface area (Å²) in [5.74, 6) is 1.67. The molecule has 1 N–H and O–H groups in total. The first kappa shape index (κ1) is 10.3. The number of hydrogen-bond acceptors (Lipinski definition) is 5. The Kier molecular flexibility index (Phi) is 3.13. The van der Waals surface area contributed by atoms with Gasteiger partial charge in [0.1, 0.15) is 11.9 Å². The molecule has 1 aromatic rings. The Bertz CT molecular complexity index is 323. The molecular formula is C10H16N4O. The third-order valence-electron chi connectivity index (χ3n) is 2.33. The minimum Gasteiger partial charge on any atom is -0.368 e. The van der Waals surface area contributed by atoms with Gasteiger partial charge in [0.2, 0.25) is 0 Å². The molecule has 0 saturated carbocycles. The molecule has 1 saturated heterocycles. The standard InChI is InChI=1S/C10H16N4O/c1-14(2)9-3-4-12-10(13-9)8-7-11-5-6-15-8/h3-4,8,11H,5-7H2,1-2H3/t8-/m0/s1. The second-order valence-corrected chi connectivity index (χ2v) is 3.73. The molecule has 2 rings (SSSR count). The van der Waals surface area contributed by atoms with Crippen LogP contribution >= 0.6 is 0 Å². The lowest BCUT2D eigenvalue weighted by atomic mass is 10.3. The molecule has 0 unspecified atom stereocenters. The molecule has 0 aliphatic carbocycles. The van der Waals surface area contributed by atoms with E-state index in [-0.39, 0.29) is 6.10 Å². The average molecular weight is 208 g/mol. The maximum Gasteiger partial charge on any atom is 0.160 e. The van der Waals surface area contributed by atoms with E-state index in [2.05, 4.69) is 15.3 Å². The van der Waals surface area contributed by atoms with E-state index in [0.29, 0.717) is 0 Å². The summed E-state index contributed by atoms with van der Waals surface area (Å²) in [7, 11) is 3.93. The second kappa shape index (κ2) is 4.55. The predicted octanol–water partition coefficient (Wildman–Crippen LogP) is 0.203. The molecule has 5 heteroatoms. The zero-order chi connectivity index (χ0) is 10.7. The fourth-order valence-corrected chi connectivity index (χ4v) is 1.50. The third kappa shape index (κ3) is 2.43. The van der Waals surface area contributed by atoms with Crippen molar-refractivity contribution in [3.05, 3.63) is 18.1 Å². The minimum absolute atomic E-state index is 0.0151. The maximum atomic E-state index is 5.59. The molecule has 1 atom stereocenters. The van der Waals surface area contributed by atoms with E-state index in [9.17, 15) is 0 Å². The van der Waals surface area contributed by atoms with Crippen LogP contribution in [0.1, 0.15) is 11.9 Å². The van der Waals surface area contributed by atoms with E-state index in [1.807, 2.05) is 25.1 Å². The zero-order valence-electron chi connectivity index (χ0n) is 9.10. The molecule has 1 fully saturated rings. The molecule has 2 heterocycles. The van der Waals surface area contributed by atoms with Gasteiger partial charge < -0.3 is 15.0 Å². The average Bonchev–Trinajstić information content (AvgIpc) is 2.30. The van der Waals surface area contributed by atoms with Crippen LogP contribution in [0.25, 0.3) is 0 Å². The van der Waals surface area contributed by atoms with Crippen molar-refractivity contribution in [1.29, 1.82) is 0 Å². The number of anilines is 1. The molecule has 1 aliphatic heterocycles. The van der Waals surface area contributed by atoms with Gasteiger partial charge in [-0.3, -0.25) is 0 Å². The molecule has 15 heavy (non-hydrogen) atoms. The van der Waals surface area contributed by atoms with E-state index in [0.717, 1.165) is 31.3 Å². The molecule has 0 bridgehead atoms. The van der Waals surface area contributed by atoms with Gasteiger partial charge in [0, 0.05) is 33.4 Å². The molecule has 0 spiro atoms. The van der Waals surface area contributed by atoms with Gasteiger partial charge >= 0.3 is 0 Å². The smallest absolute Gasteiger partial charge is 0.160 e. The summed E-state index contributed by atoms with van der Waals surface area (Å²) in [6.07, 6.45) is 1.76. The Morgan fingerprint density at radius 2 is 2.40 bits per heavy atom. The largest absolute Gasteiger partial charge is 0.368 e. The van der Waals surface area contributed by atoms with Crippen molar-refractivity contribution < 1.29 is 4.74 Å². The number of ether oxygens (including phenoxy) is 1. The topological polar surface area (TPSA) is 50.3 Å². The highest BCUT2D eigenvalue weighted by Gasteiger charge is 2.18. The highest BCUT2D eigenvalue weighted by Crippen LogP contribution is 2.16. The quantitative estimate of drug-likeness (QED) is 0.752. The van der Waals surface area contributed by atoms with Crippen LogP contribution in [0.5, 0.6) is 0 Å². The monoisotopic (exact) mass is 208 g/mol. The van der Waals surface area contributed by atoms with Gasteiger partial charge in [-0.25, -0.2) is 9.97 Å². The number of aromatic nitrogens is 2. The fourth-order valence-electron chi connectivity index (χ4n) is 1.50. The summed E-state index contributed by atoms with van der Waals surface area (Å²) < 4.78 is 5.59. The van der Waals surface area contributed by atoms with Crippen LogP contribution in [-0.2, 0) is 4.74 Å². The van der Waals surface area contributed by atoms with Crippen LogP contribution in [0.3, 0.4) is 0 Å². The number of hydrogen-bond donors (Lipinski definition) is 1. The first-order valence-electron chi connectivity index (χ1n) is 5.10. The van der Waals surface area contributed by atoms with Gasteiger partial charge in [0.25, 0.3) is 0 Å². The maximum absolute atomic E-state index is 5.59. The van der Waals surface area contributed by atoms with Crippen molar-refractivity contribution in [3.63, 3.8) is 0 Å². The van der Waals surface area contributed by atoms with Crippen LogP contribution in [-0.4, -0.2) is 43.8 Å². The Morgan fingerprint density at radius 3 is 3.07 bits per heavy atom. The minimum atomic E-state index is -0.0151. The van der Waals surface area contributed by atoms with Crippen molar-refractivity contribution in [2.75, 3.05) is 38.7 Å². The summed E-state index contributed by atoms with van der Waals surface area (Å²) in [5, 5.41) is 3.26. The van der Waals surface area contributed by atoms with E-state index in [4.69, 9.17) is 4.74 Å². The Balaban J connectivity index is 2.16. The first-order valence-corrected chi connectivity index (χ1v) is 5.10. The highest BCUT2D eigenvalue weighted by molar-refractivity contribution is 5.35. The second-order valence-electron chi connectivity index (χ2n) is 3.73. The Labute approximate surface area is 89.5 Å². The van der Waals surface area contributed by atoms with E-state index < -0.39 is 0 Å². The number of nitrogens with zero attached hydrogens (tertiary/aromatic N) is 3. The lowest BCUT2D eigenvalue weighted by Gasteiger charge is -2.23. The molecule has 82 valence electrons. The molecule has 1 aliphatic rings. The molecule has 5 nitrogen and oxygen atoms in total. The summed E-state index contributed by atoms with van der Waals surface area (Å²) in [5.41, 5.74) is 0. The normalized spacial score (nSPS) is 21.3. The number of nitrogens with one attached hydrogen (secondary N) is 1.